The highest BCUT2D eigenvalue weighted by Gasteiger charge is 2.08. The van der Waals surface area contributed by atoms with Gasteiger partial charge in [-0.1, -0.05) is 29.8 Å². The van der Waals surface area contributed by atoms with Gasteiger partial charge in [-0.15, -0.1) is 0 Å². The topological polar surface area (TPSA) is 54.0 Å². The molecule has 1 aromatic heterocycles. The molecule has 0 spiro atoms. The SMILES string of the molecule is Cc1ccc(CNC(=O)c2ccc(Nc3ccc(F)c(F)c3)cn2)cc1. The van der Waals surface area contributed by atoms with E-state index in [1.165, 1.54) is 12.3 Å². The smallest absolute Gasteiger partial charge is 0.270 e. The summed E-state index contributed by atoms with van der Waals surface area (Å²) in [7, 11) is 0. The molecule has 3 rings (SSSR count). The second-order valence-electron chi connectivity index (χ2n) is 5.85. The number of hydrogen-bond donors (Lipinski definition) is 2. The first-order chi connectivity index (χ1) is 12.5. The summed E-state index contributed by atoms with van der Waals surface area (Å²) in [6.07, 6.45) is 1.46. The third kappa shape index (κ3) is 4.42. The standard InChI is InChI=1S/C20H17F2N3O/c1-13-2-4-14(5-3-13)11-24-20(26)19-9-7-16(12-23-19)25-15-6-8-17(21)18(22)10-15/h2-10,12,25H,11H2,1H3,(H,24,26). The summed E-state index contributed by atoms with van der Waals surface area (Å²) in [4.78, 5) is 16.3. The van der Waals surface area contributed by atoms with Crippen LogP contribution in [0.25, 0.3) is 0 Å². The number of rotatable bonds is 5. The average molecular weight is 353 g/mol. The molecule has 132 valence electrons. The summed E-state index contributed by atoms with van der Waals surface area (Å²) in [6, 6.07) is 14.6. The third-order valence-electron chi connectivity index (χ3n) is 3.78. The van der Waals surface area contributed by atoms with Gasteiger partial charge in [0.25, 0.3) is 5.91 Å². The fourth-order valence-electron chi connectivity index (χ4n) is 2.32. The van der Waals surface area contributed by atoms with Crippen LogP contribution >= 0.6 is 0 Å². The second kappa shape index (κ2) is 7.74. The van der Waals surface area contributed by atoms with Gasteiger partial charge < -0.3 is 10.6 Å². The molecule has 1 amide bonds. The molecule has 0 aliphatic heterocycles. The lowest BCUT2D eigenvalue weighted by Gasteiger charge is -2.08. The molecule has 26 heavy (non-hydrogen) atoms. The number of hydrogen-bond acceptors (Lipinski definition) is 3. The zero-order chi connectivity index (χ0) is 18.5. The quantitative estimate of drug-likeness (QED) is 0.717. The van der Waals surface area contributed by atoms with E-state index in [9.17, 15) is 13.6 Å². The molecule has 0 aliphatic carbocycles. The van der Waals surface area contributed by atoms with Gasteiger partial charge in [-0.3, -0.25) is 4.79 Å². The zero-order valence-electron chi connectivity index (χ0n) is 14.1. The van der Waals surface area contributed by atoms with Crippen LogP contribution in [0.15, 0.2) is 60.8 Å². The van der Waals surface area contributed by atoms with Gasteiger partial charge >= 0.3 is 0 Å². The summed E-state index contributed by atoms with van der Waals surface area (Å²) in [5.74, 6) is -2.13. The van der Waals surface area contributed by atoms with E-state index >= 15 is 0 Å². The molecule has 3 aromatic rings. The second-order valence-corrected chi connectivity index (χ2v) is 5.85. The molecule has 0 fully saturated rings. The Balaban J connectivity index is 1.60. The van der Waals surface area contributed by atoms with Crippen molar-refractivity contribution in [2.24, 2.45) is 0 Å². The van der Waals surface area contributed by atoms with Crippen molar-refractivity contribution in [2.45, 2.75) is 13.5 Å². The number of carbonyl (C=O) groups excluding carboxylic acids is 1. The maximum Gasteiger partial charge on any atom is 0.270 e. The van der Waals surface area contributed by atoms with Crippen molar-refractivity contribution >= 4 is 17.3 Å². The van der Waals surface area contributed by atoms with E-state index in [2.05, 4.69) is 15.6 Å². The first-order valence-corrected chi connectivity index (χ1v) is 8.03. The van der Waals surface area contributed by atoms with Crippen molar-refractivity contribution in [1.29, 1.82) is 0 Å². The van der Waals surface area contributed by atoms with Gasteiger partial charge in [0.1, 0.15) is 5.69 Å². The predicted octanol–water partition coefficient (Wildman–Crippen LogP) is 4.34. The minimum absolute atomic E-state index is 0.271. The number of anilines is 2. The molecular formula is C20H17F2N3O. The number of carbonyl (C=O) groups is 1. The number of benzene rings is 2. The number of nitrogens with zero attached hydrogens (tertiary/aromatic N) is 1. The Kier molecular flexibility index (Phi) is 5.22. The van der Waals surface area contributed by atoms with Crippen LogP contribution in [-0.4, -0.2) is 10.9 Å². The van der Waals surface area contributed by atoms with E-state index in [0.717, 1.165) is 23.3 Å². The van der Waals surface area contributed by atoms with Crippen LogP contribution < -0.4 is 10.6 Å². The van der Waals surface area contributed by atoms with Gasteiger partial charge in [-0.25, -0.2) is 13.8 Å². The Hall–Kier alpha value is -3.28. The van der Waals surface area contributed by atoms with Crippen LogP contribution in [0.1, 0.15) is 21.6 Å². The van der Waals surface area contributed by atoms with Gasteiger partial charge in [0.05, 0.1) is 11.9 Å². The van der Waals surface area contributed by atoms with E-state index < -0.39 is 11.6 Å². The molecule has 0 bridgehead atoms. The van der Waals surface area contributed by atoms with E-state index in [1.807, 2.05) is 31.2 Å². The molecule has 2 aromatic carbocycles. The minimum atomic E-state index is -0.935. The summed E-state index contributed by atoms with van der Waals surface area (Å²) >= 11 is 0. The van der Waals surface area contributed by atoms with E-state index in [4.69, 9.17) is 0 Å². The maximum atomic E-state index is 13.2. The Morgan fingerprint density at radius 1 is 0.962 bits per heavy atom. The van der Waals surface area contributed by atoms with E-state index in [-0.39, 0.29) is 11.6 Å². The third-order valence-corrected chi connectivity index (χ3v) is 3.78. The first-order valence-electron chi connectivity index (χ1n) is 8.03. The molecule has 0 unspecified atom stereocenters. The number of nitrogens with one attached hydrogen (secondary N) is 2. The minimum Gasteiger partial charge on any atom is -0.354 e. The Labute approximate surface area is 149 Å². The van der Waals surface area contributed by atoms with Crippen molar-refractivity contribution in [3.05, 3.63) is 89.2 Å². The normalized spacial score (nSPS) is 10.4. The Bertz CT molecular complexity index is 909. The Morgan fingerprint density at radius 3 is 2.35 bits per heavy atom. The molecule has 4 nitrogen and oxygen atoms in total. The maximum absolute atomic E-state index is 13.2. The largest absolute Gasteiger partial charge is 0.354 e. The molecule has 0 saturated heterocycles. The first kappa shape index (κ1) is 17.5. The summed E-state index contributed by atoms with van der Waals surface area (Å²) in [5, 5.41) is 5.70. The van der Waals surface area contributed by atoms with Crippen molar-refractivity contribution in [2.75, 3.05) is 5.32 Å². The fourth-order valence-corrected chi connectivity index (χ4v) is 2.32. The van der Waals surface area contributed by atoms with Crippen LogP contribution in [0.2, 0.25) is 0 Å². The van der Waals surface area contributed by atoms with Gasteiger partial charge in [0.2, 0.25) is 0 Å². The highest BCUT2D eigenvalue weighted by atomic mass is 19.2. The number of pyridine rings is 1. The zero-order valence-corrected chi connectivity index (χ0v) is 14.1. The summed E-state index contributed by atoms with van der Waals surface area (Å²) in [6.45, 7) is 2.41. The molecule has 0 radical (unpaired) electrons. The van der Waals surface area contributed by atoms with Crippen LogP contribution in [0, 0.1) is 18.6 Å². The van der Waals surface area contributed by atoms with Crippen molar-refractivity contribution in [1.82, 2.24) is 10.3 Å². The monoisotopic (exact) mass is 353 g/mol. The van der Waals surface area contributed by atoms with Crippen LogP contribution in [0.5, 0.6) is 0 Å². The van der Waals surface area contributed by atoms with Crippen molar-refractivity contribution in [3.8, 4) is 0 Å². The Morgan fingerprint density at radius 2 is 1.69 bits per heavy atom. The number of amides is 1. The van der Waals surface area contributed by atoms with Gasteiger partial charge in [-0.2, -0.15) is 0 Å². The highest BCUT2D eigenvalue weighted by Crippen LogP contribution is 2.18. The average Bonchev–Trinajstić information content (AvgIpc) is 2.65. The number of aromatic nitrogens is 1. The van der Waals surface area contributed by atoms with Gasteiger partial charge in [0.15, 0.2) is 11.6 Å². The fraction of sp³-hybridized carbons (Fsp3) is 0.100. The number of halogens is 2. The lowest BCUT2D eigenvalue weighted by molar-refractivity contribution is 0.0946. The van der Waals surface area contributed by atoms with Crippen molar-refractivity contribution < 1.29 is 13.6 Å². The van der Waals surface area contributed by atoms with Gasteiger partial charge in [0, 0.05) is 18.3 Å². The van der Waals surface area contributed by atoms with Crippen LogP contribution in [-0.2, 0) is 6.54 Å². The molecule has 1 heterocycles. The van der Waals surface area contributed by atoms with Crippen LogP contribution in [0.4, 0.5) is 20.2 Å². The molecule has 0 atom stereocenters. The predicted molar refractivity (Wildman–Crippen MR) is 96.2 cm³/mol. The lowest BCUT2D eigenvalue weighted by Crippen LogP contribution is -2.23. The van der Waals surface area contributed by atoms with Gasteiger partial charge in [-0.05, 0) is 36.8 Å². The summed E-state index contributed by atoms with van der Waals surface area (Å²) in [5.41, 5.74) is 3.38. The molecule has 6 heteroatoms. The summed E-state index contributed by atoms with van der Waals surface area (Å²) < 4.78 is 26.1. The van der Waals surface area contributed by atoms with Crippen molar-refractivity contribution in [3.63, 3.8) is 0 Å². The molecule has 0 aliphatic rings. The molecule has 2 N–H and O–H groups in total. The molecular weight excluding hydrogens is 336 g/mol. The highest BCUT2D eigenvalue weighted by molar-refractivity contribution is 5.92. The van der Waals surface area contributed by atoms with Crippen LogP contribution in [0.3, 0.4) is 0 Å². The lowest BCUT2D eigenvalue weighted by atomic mass is 10.1. The van der Waals surface area contributed by atoms with E-state index in [1.54, 1.807) is 12.1 Å². The molecule has 0 saturated carbocycles. The number of aryl methyl sites for hydroxylation is 1. The van der Waals surface area contributed by atoms with E-state index in [0.29, 0.717) is 17.9 Å².